The number of nitrogens with one attached hydrogen (secondary N) is 1. The normalized spacial score (nSPS) is 17.0. The largest absolute Gasteiger partial charge is 0.481 e. The van der Waals surface area contributed by atoms with Crippen LogP contribution in [0.5, 0.6) is 0 Å². The smallest absolute Gasteiger partial charge is 0.320 e. The van der Waals surface area contributed by atoms with Crippen molar-refractivity contribution < 1.29 is 28.9 Å². The number of alkyl halides is 1. The fourth-order valence-corrected chi connectivity index (χ4v) is 1.90. The highest BCUT2D eigenvalue weighted by Gasteiger charge is 2.25. The van der Waals surface area contributed by atoms with Crippen LogP contribution in [0.15, 0.2) is 23.6 Å². The first-order valence-corrected chi connectivity index (χ1v) is 6.47. The number of carbonyl (C=O) groups is 2. The number of aliphatic carboxylic acids is 2. The van der Waals surface area contributed by atoms with Gasteiger partial charge in [0, 0.05) is 6.54 Å². The van der Waals surface area contributed by atoms with Crippen molar-refractivity contribution >= 4 is 11.9 Å². The van der Waals surface area contributed by atoms with E-state index in [4.69, 9.17) is 20.7 Å². The first-order valence-electron chi connectivity index (χ1n) is 6.47. The van der Waals surface area contributed by atoms with Gasteiger partial charge >= 0.3 is 11.9 Å². The van der Waals surface area contributed by atoms with Crippen molar-refractivity contribution in [2.75, 3.05) is 19.8 Å². The first kappa shape index (κ1) is 17.0. The number of nitrogens with two attached hydrogens (primary N) is 1. The number of hydrogen-bond donors (Lipinski definition) is 4. The van der Waals surface area contributed by atoms with Crippen LogP contribution in [0.3, 0.4) is 0 Å². The Morgan fingerprint density at radius 1 is 1.38 bits per heavy atom. The van der Waals surface area contributed by atoms with Crippen LogP contribution in [0, 0.1) is 5.92 Å². The number of allylic oxidation sites excluding steroid dienone is 2. The maximum atomic E-state index is 12.0. The maximum absolute atomic E-state index is 12.0. The molecule has 0 unspecified atom stereocenters. The van der Waals surface area contributed by atoms with Crippen LogP contribution in [-0.4, -0.2) is 48.0 Å². The fourth-order valence-electron chi connectivity index (χ4n) is 1.90. The van der Waals surface area contributed by atoms with Crippen LogP contribution in [0.2, 0.25) is 0 Å². The molecule has 1 aliphatic heterocycles. The van der Waals surface area contributed by atoms with Gasteiger partial charge in [0.05, 0.1) is 5.92 Å². The van der Waals surface area contributed by atoms with Gasteiger partial charge in [-0.15, -0.1) is 0 Å². The molecule has 0 saturated carbocycles. The van der Waals surface area contributed by atoms with E-state index in [0.29, 0.717) is 12.4 Å². The van der Waals surface area contributed by atoms with Crippen LogP contribution in [0.4, 0.5) is 4.39 Å². The van der Waals surface area contributed by atoms with E-state index >= 15 is 0 Å². The van der Waals surface area contributed by atoms with Crippen LogP contribution in [0.25, 0.3) is 0 Å². The molecule has 0 amide bonds. The van der Waals surface area contributed by atoms with Gasteiger partial charge in [0.1, 0.15) is 19.3 Å². The lowest BCUT2D eigenvalue weighted by atomic mass is 9.92. The molecule has 5 N–H and O–H groups in total. The molecule has 0 fully saturated rings. The quantitative estimate of drug-likeness (QED) is 0.481. The maximum Gasteiger partial charge on any atom is 0.320 e. The SMILES string of the molecule is N[C@@H](C[C@H](CC1=CC=C(OCCF)NC1)C(=O)O)C(=O)O. The molecule has 0 spiro atoms. The van der Waals surface area contributed by atoms with Crippen LogP contribution in [-0.2, 0) is 14.3 Å². The second-order valence-corrected chi connectivity index (χ2v) is 4.67. The molecule has 0 saturated heterocycles. The predicted molar refractivity (Wildman–Crippen MR) is 72.1 cm³/mol. The zero-order valence-corrected chi connectivity index (χ0v) is 11.4. The molecule has 0 aromatic heterocycles. The zero-order valence-electron chi connectivity index (χ0n) is 11.4. The van der Waals surface area contributed by atoms with Gasteiger partial charge in [0.15, 0.2) is 5.88 Å². The third-order valence-corrected chi connectivity index (χ3v) is 3.01. The van der Waals surface area contributed by atoms with Crippen molar-refractivity contribution in [3.8, 4) is 0 Å². The Morgan fingerprint density at radius 3 is 2.57 bits per heavy atom. The van der Waals surface area contributed by atoms with Gasteiger partial charge in [0.2, 0.25) is 0 Å². The van der Waals surface area contributed by atoms with E-state index in [1.807, 2.05) is 0 Å². The van der Waals surface area contributed by atoms with Gasteiger partial charge in [-0.25, -0.2) is 4.39 Å². The molecule has 7 nitrogen and oxygen atoms in total. The van der Waals surface area contributed by atoms with Gasteiger partial charge in [-0.1, -0.05) is 11.6 Å². The van der Waals surface area contributed by atoms with Crippen LogP contribution < -0.4 is 11.1 Å². The van der Waals surface area contributed by atoms with E-state index in [2.05, 4.69) is 5.32 Å². The summed E-state index contributed by atoms with van der Waals surface area (Å²) < 4.78 is 17.0. The van der Waals surface area contributed by atoms with Crippen molar-refractivity contribution in [1.82, 2.24) is 5.32 Å². The van der Waals surface area contributed by atoms with Crippen molar-refractivity contribution in [3.63, 3.8) is 0 Å². The highest BCUT2D eigenvalue weighted by molar-refractivity contribution is 5.76. The summed E-state index contributed by atoms with van der Waals surface area (Å²) in [5, 5.41) is 20.7. The molecule has 0 bridgehead atoms. The summed E-state index contributed by atoms with van der Waals surface area (Å²) in [5.74, 6) is -2.76. The Labute approximate surface area is 121 Å². The zero-order chi connectivity index (χ0) is 15.8. The Bertz CT molecular complexity index is 450. The van der Waals surface area contributed by atoms with E-state index in [0.717, 1.165) is 5.57 Å². The second-order valence-electron chi connectivity index (χ2n) is 4.67. The Kier molecular flexibility index (Phi) is 6.67. The minimum Gasteiger partial charge on any atom is -0.481 e. The van der Waals surface area contributed by atoms with Crippen LogP contribution in [0.1, 0.15) is 12.8 Å². The second kappa shape index (κ2) is 8.25. The van der Waals surface area contributed by atoms with Crippen molar-refractivity contribution in [2.45, 2.75) is 18.9 Å². The van der Waals surface area contributed by atoms with Gasteiger partial charge in [-0.2, -0.15) is 0 Å². The summed E-state index contributed by atoms with van der Waals surface area (Å²) in [6, 6.07) is -1.21. The number of halogens is 1. The Balaban J connectivity index is 2.60. The standard InChI is InChI=1S/C13H19FN2O5/c14-3-4-21-11-2-1-8(7-16-11)5-9(12(17)18)6-10(15)13(19)20/h1-2,9-10,16H,3-7,15H2,(H,17,18)(H,19,20)/t9-,10-/m0/s1. The van der Waals surface area contributed by atoms with Gasteiger partial charge in [-0.05, 0) is 18.9 Å². The lowest BCUT2D eigenvalue weighted by Gasteiger charge is -2.20. The molecule has 1 heterocycles. The summed E-state index contributed by atoms with van der Waals surface area (Å²) in [4.78, 5) is 21.9. The summed E-state index contributed by atoms with van der Waals surface area (Å²) in [6.07, 6.45) is 3.32. The number of rotatable bonds is 9. The molecule has 1 aliphatic rings. The minimum absolute atomic E-state index is 0.0484. The number of dihydropyridines is 1. The molecule has 118 valence electrons. The summed E-state index contributed by atoms with van der Waals surface area (Å²) >= 11 is 0. The lowest BCUT2D eigenvalue weighted by molar-refractivity contribution is -0.143. The average Bonchev–Trinajstić information content (AvgIpc) is 2.45. The number of carboxylic acid groups (broad SMARTS) is 2. The topological polar surface area (TPSA) is 122 Å². The summed E-state index contributed by atoms with van der Waals surface area (Å²) in [7, 11) is 0. The molecule has 0 aliphatic carbocycles. The van der Waals surface area contributed by atoms with Gasteiger partial charge < -0.3 is 26.0 Å². The average molecular weight is 302 g/mol. The molecule has 0 aromatic carbocycles. The number of hydrogen-bond acceptors (Lipinski definition) is 5. The molecule has 2 atom stereocenters. The van der Waals surface area contributed by atoms with Crippen molar-refractivity contribution in [2.24, 2.45) is 11.7 Å². The van der Waals surface area contributed by atoms with Gasteiger partial charge in [0.25, 0.3) is 0 Å². The molecular weight excluding hydrogens is 283 g/mol. The monoisotopic (exact) mass is 302 g/mol. The molecule has 21 heavy (non-hydrogen) atoms. The van der Waals surface area contributed by atoms with Crippen molar-refractivity contribution in [1.29, 1.82) is 0 Å². The highest BCUT2D eigenvalue weighted by atomic mass is 19.1. The molecule has 8 heteroatoms. The van der Waals surface area contributed by atoms with E-state index < -0.39 is 30.6 Å². The number of ether oxygens (including phenoxy) is 1. The highest BCUT2D eigenvalue weighted by Crippen LogP contribution is 2.19. The van der Waals surface area contributed by atoms with E-state index in [9.17, 15) is 14.0 Å². The number of carboxylic acids is 2. The predicted octanol–water partition coefficient (Wildman–Crippen LogP) is 0.236. The van der Waals surface area contributed by atoms with Crippen LogP contribution >= 0.6 is 0 Å². The lowest BCUT2D eigenvalue weighted by Crippen LogP contribution is -2.35. The third-order valence-electron chi connectivity index (χ3n) is 3.01. The Morgan fingerprint density at radius 2 is 2.10 bits per heavy atom. The molecule has 0 radical (unpaired) electrons. The van der Waals surface area contributed by atoms with E-state index in [1.54, 1.807) is 12.2 Å². The summed E-state index contributed by atoms with van der Waals surface area (Å²) in [5.41, 5.74) is 6.16. The Hall–Kier alpha value is -2.09. The minimum atomic E-state index is -1.22. The van der Waals surface area contributed by atoms with E-state index in [1.165, 1.54) is 0 Å². The van der Waals surface area contributed by atoms with Gasteiger partial charge in [-0.3, -0.25) is 9.59 Å². The van der Waals surface area contributed by atoms with E-state index in [-0.39, 0.29) is 19.4 Å². The third kappa shape index (κ3) is 5.82. The molecule has 1 rings (SSSR count). The van der Waals surface area contributed by atoms with Crippen molar-refractivity contribution in [3.05, 3.63) is 23.6 Å². The molecular formula is C13H19FN2O5. The fraction of sp³-hybridized carbons (Fsp3) is 0.538. The summed E-state index contributed by atoms with van der Waals surface area (Å²) in [6.45, 7) is -0.277. The first-order chi connectivity index (χ1) is 9.93. The molecule has 0 aromatic rings.